The monoisotopic (exact) mass is 349 g/mol. The number of halogens is 3. The molecule has 0 aliphatic heterocycles. The van der Waals surface area contributed by atoms with Gasteiger partial charge in [0, 0.05) is 0 Å². The lowest BCUT2D eigenvalue weighted by Crippen LogP contribution is -2.19. The molecule has 1 saturated carbocycles. The number of hydrogen-bond donors (Lipinski definition) is 3. The highest BCUT2D eigenvalue weighted by Gasteiger charge is 2.35. The number of H-pyrrole nitrogens is 2. The molecule has 9 heteroatoms. The highest BCUT2D eigenvalue weighted by molar-refractivity contribution is 5.73. The second-order valence-electron chi connectivity index (χ2n) is 6.13. The van der Waals surface area contributed by atoms with Gasteiger partial charge in [0.2, 0.25) is 5.95 Å². The summed E-state index contributed by atoms with van der Waals surface area (Å²) in [4.78, 5) is 18.8. The Labute approximate surface area is 139 Å². The summed E-state index contributed by atoms with van der Waals surface area (Å²) in [6, 6.07) is 4.88. The smallest absolute Gasteiger partial charge is 0.349 e. The zero-order valence-electron chi connectivity index (χ0n) is 12.9. The van der Waals surface area contributed by atoms with Crippen molar-refractivity contribution in [2.24, 2.45) is 5.92 Å². The van der Waals surface area contributed by atoms with E-state index in [4.69, 9.17) is 0 Å². The number of alkyl halides is 3. The Morgan fingerprint density at radius 3 is 2.80 bits per heavy atom. The molecule has 4 rings (SSSR count). The van der Waals surface area contributed by atoms with Crippen LogP contribution in [0.3, 0.4) is 0 Å². The number of rotatable bonds is 4. The highest BCUT2D eigenvalue weighted by atomic mass is 19.4. The summed E-state index contributed by atoms with van der Waals surface area (Å²) >= 11 is 0. The molecule has 0 bridgehead atoms. The van der Waals surface area contributed by atoms with Gasteiger partial charge in [-0.2, -0.15) is 23.3 Å². The highest BCUT2D eigenvalue weighted by Crippen LogP contribution is 2.43. The molecule has 2 aromatic heterocycles. The summed E-state index contributed by atoms with van der Waals surface area (Å²) in [6.45, 7) is 0. The van der Waals surface area contributed by atoms with Crippen LogP contribution in [0, 0.1) is 5.92 Å². The first-order valence-electron chi connectivity index (χ1n) is 7.79. The minimum absolute atomic E-state index is 0.200. The van der Waals surface area contributed by atoms with Crippen LogP contribution in [0.5, 0.6) is 0 Å². The molecule has 1 aliphatic rings. The Morgan fingerprint density at radius 2 is 2.08 bits per heavy atom. The summed E-state index contributed by atoms with van der Waals surface area (Å²) in [6.07, 6.45) is -1.21. The van der Waals surface area contributed by atoms with E-state index in [2.05, 4.69) is 25.5 Å². The van der Waals surface area contributed by atoms with Gasteiger partial charge in [-0.15, -0.1) is 0 Å². The average Bonchev–Trinajstić information content (AvgIpc) is 3.29. The quantitative estimate of drug-likeness (QED) is 0.675. The SMILES string of the molecule is O=c1[nH]c(N[C@@H](c2cccc(C(F)(F)F)c2)C2CC2)nc2[nH]ncc12. The van der Waals surface area contributed by atoms with Gasteiger partial charge in [0.15, 0.2) is 5.65 Å². The lowest BCUT2D eigenvalue weighted by molar-refractivity contribution is -0.137. The summed E-state index contributed by atoms with van der Waals surface area (Å²) in [5.74, 6) is 0.405. The molecule has 3 N–H and O–H groups in total. The van der Waals surface area contributed by atoms with E-state index < -0.39 is 11.7 Å². The van der Waals surface area contributed by atoms with Crippen molar-refractivity contribution in [1.82, 2.24) is 20.2 Å². The van der Waals surface area contributed by atoms with Crippen LogP contribution in [0.4, 0.5) is 19.1 Å². The molecule has 0 radical (unpaired) electrons. The first kappa shape index (κ1) is 15.7. The van der Waals surface area contributed by atoms with Crippen LogP contribution < -0.4 is 10.9 Å². The Balaban J connectivity index is 1.69. The third-order valence-electron chi connectivity index (χ3n) is 4.28. The van der Waals surface area contributed by atoms with Crippen LogP contribution in [0.2, 0.25) is 0 Å². The molecule has 1 atom stereocenters. The zero-order chi connectivity index (χ0) is 17.6. The number of nitrogens with one attached hydrogen (secondary N) is 3. The third kappa shape index (κ3) is 3.09. The molecule has 2 heterocycles. The Bertz CT molecular complexity index is 974. The van der Waals surface area contributed by atoms with Crippen LogP contribution in [0.25, 0.3) is 11.0 Å². The third-order valence-corrected chi connectivity index (χ3v) is 4.28. The van der Waals surface area contributed by atoms with E-state index >= 15 is 0 Å². The Morgan fingerprint density at radius 1 is 1.28 bits per heavy atom. The fourth-order valence-corrected chi connectivity index (χ4v) is 2.87. The van der Waals surface area contributed by atoms with Crippen molar-refractivity contribution in [3.05, 3.63) is 51.9 Å². The Hall–Kier alpha value is -2.84. The van der Waals surface area contributed by atoms with Crippen molar-refractivity contribution in [3.63, 3.8) is 0 Å². The topological polar surface area (TPSA) is 86.5 Å². The normalized spacial score (nSPS) is 16.1. The number of fused-ring (bicyclic) bond motifs is 1. The summed E-state index contributed by atoms with van der Waals surface area (Å²) in [5, 5.41) is 9.79. The molecule has 1 aromatic carbocycles. The lowest BCUT2D eigenvalue weighted by atomic mass is 10.00. The molecule has 25 heavy (non-hydrogen) atoms. The maximum absolute atomic E-state index is 13.0. The van der Waals surface area contributed by atoms with E-state index in [9.17, 15) is 18.0 Å². The van der Waals surface area contributed by atoms with Crippen LogP contribution in [0.15, 0.2) is 35.3 Å². The largest absolute Gasteiger partial charge is 0.416 e. The molecule has 0 saturated heterocycles. The van der Waals surface area contributed by atoms with Gasteiger partial charge in [-0.3, -0.25) is 14.9 Å². The Kier molecular flexibility index (Phi) is 3.52. The minimum atomic E-state index is -4.40. The molecule has 3 aromatic rings. The average molecular weight is 349 g/mol. The second kappa shape index (κ2) is 5.61. The van der Waals surface area contributed by atoms with Crippen molar-refractivity contribution in [2.75, 3.05) is 5.32 Å². The number of aromatic nitrogens is 4. The van der Waals surface area contributed by atoms with Crippen LogP contribution in [-0.2, 0) is 6.18 Å². The van der Waals surface area contributed by atoms with Gasteiger partial charge in [0.05, 0.1) is 17.8 Å². The van der Waals surface area contributed by atoms with E-state index in [1.807, 2.05) is 0 Å². The summed E-state index contributed by atoms with van der Waals surface area (Å²) in [7, 11) is 0. The predicted molar refractivity (Wildman–Crippen MR) is 85.0 cm³/mol. The fraction of sp³-hybridized carbons (Fsp3) is 0.312. The van der Waals surface area contributed by atoms with Crippen molar-refractivity contribution < 1.29 is 13.2 Å². The molecule has 0 spiro atoms. The molecule has 0 unspecified atom stereocenters. The molecular weight excluding hydrogens is 335 g/mol. The number of benzene rings is 1. The van der Waals surface area contributed by atoms with Crippen LogP contribution >= 0.6 is 0 Å². The van der Waals surface area contributed by atoms with Crippen LogP contribution in [-0.4, -0.2) is 20.2 Å². The minimum Gasteiger partial charge on any atom is -0.349 e. The van der Waals surface area contributed by atoms with Crippen LogP contribution in [0.1, 0.15) is 30.0 Å². The number of hydrogen-bond acceptors (Lipinski definition) is 4. The maximum atomic E-state index is 13.0. The first-order chi connectivity index (χ1) is 11.9. The van der Waals surface area contributed by atoms with E-state index in [1.165, 1.54) is 12.3 Å². The van der Waals surface area contributed by atoms with Gasteiger partial charge >= 0.3 is 6.18 Å². The van der Waals surface area contributed by atoms with Crippen molar-refractivity contribution >= 4 is 17.0 Å². The molecule has 6 nitrogen and oxygen atoms in total. The molecule has 130 valence electrons. The molecule has 1 fully saturated rings. The van der Waals surface area contributed by atoms with E-state index in [-0.39, 0.29) is 23.5 Å². The summed E-state index contributed by atoms with van der Waals surface area (Å²) < 4.78 is 38.9. The fourth-order valence-electron chi connectivity index (χ4n) is 2.87. The van der Waals surface area contributed by atoms with Gasteiger partial charge < -0.3 is 5.32 Å². The maximum Gasteiger partial charge on any atom is 0.416 e. The zero-order valence-corrected chi connectivity index (χ0v) is 12.9. The van der Waals surface area contributed by atoms with Crippen molar-refractivity contribution in [1.29, 1.82) is 0 Å². The lowest BCUT2D eigenvalue weighted by Gasteiger charge is -2.20. The van der Waals surface area contributed by atoms with Gasteiger partial charge in [0.1, 0.15) is 5.39 Å². The van der Waals surface area contributed by atoms with Crippen molar-refractivity contribution in [2.45, 2.75) is 25.1 Å². The van der Waals surface area contributed by atoms with E-state index in [0.29, 0.717) is 16.6 Å². The van der Waals surface area contributed by atoms with E-state index in [1.54, 1.807) is 6.07 Å². The van der Waals surface area contributed by atoms with Gasteiger partial charge in [0.25, 0.3) is 5.56 Å². The predicted octanol–water partition coefficient (Wildman–Crippen LogP) is 3.23. The second-order valence-corrected chi connectivity index (χ2v) is 6.13. The first-order valence-corrected chi connectivity index (χ1v) is 7.79. The van der Waals surface area contributed by atoms with Gasteiger partial charge in [-0.05, 0) is 36.5 Å². The summed E-state index contributed by atoms with van der Waals surface area (Å²) in [5.41, 5.74) is -0.211. The van der Waals surface area contributed by atoms with Gasteiger partial charge in [-0.1, -0.05) is 12.1 Å². The van der Waals surface area contributed by atoms with E-state index in [0.717, 1.165) is 25.0 Å². The standard InChI is InChI=1S/C16H14F3N5O/c17-16(18,19)10-3-1-2-9(6-10)12(8-4-5-8)21-15-22-13-11(7-20-24-13)14(25)23-15/h1-3,6-8,12H,4-5H2,(H3,20,21,22,23,24,25)/t12-/m1/s1. The van der Waals surface area contributed by atoms with Gasteiger partial charge in [-0.25, -0.2) is 0 Å². The number of anilines is 1. The molecular formula is C16H14F3N5O. The molecule has 0 amide bonds. The molecule has 1 aliphatic carbocycles. The number of aromatic amines is 2. The van der Waals surface area contributed by atoms with Crippen molar-refractivity contribution in [3.8, 4) is 0 Å². The number of nitrogens with zero attached hydrogens (tertiary/aromatic N) is 2.